The van der Waals surface area contributed by atoms with Gasteiger partial charge in [0.2, 0.25) is 0 Å². The van der Waals surface area contributed by atoms with Crippen LogP contribution in [0.1, 0.15) is 33.6 Å². The molecule has 1 aromatic heterocycles. The number of aliphatic carboxylic acids is 1. The summed E-state index contributed by atoms with van der Waals surface area (Å²) in [6, 6.07) is 13.0. The molecule has 6 nitrogen and oxygen atoms in total. The van der Waals surface area contributed by atoms with Crippen LogP contribution in [-0.4, -0.2) is 34.8 Å². The summed E-state index contributed by atoms with van der Waals surface area (Å²) in [5.74, 6) is -1.08. The van der Waals surface area contributed by atoms with Gasteiger partial charge in [-0.15, -0.1) is 0 Å². The summed E-state index contributed by atoms with van der Waals surface area (Å²) in [4.78, 5) is 24.2. The molecule has 0 aliphatic carbocycles. The number of carbonyl (C=O) groups is 2. The highest BCUT2D eigenvalue weighted by Crippen LogP contribution is 2.33. The molecule has 1 saturated heterocycles. The van der Waals surface area contributed by atoms with Gasteiger partial charge in [0.1, 0.15) is 5.69 Å². The van der Waals surface area contributed by atoms with Crippen molar-refractivity contribution in [1.29, 1.82) is 0 Å². The van der Waals surface area contributed by atoms with Gasteiger partial charge in [-0.1, -0.05) is 41.9 Å². The van der Waals surface area contributed by atoms with E-state index in [1.807, 2.05) is 48.9 Å². The Hall–Kier alpha value is -2.83. The highest BCUT2D eigenvalue weighted by Gasteiger charge is 2.39. The lowest BCUT2D eigenvalue weighted by molar-refractivity contribution is -0.136. The van der Waals surface area contributed by atoms with E-state index in [2.05, 4.69) is 5.32 Å². The number of carboxylic acid groups (broad SMARTS) is 1. The quantitative estimate of drug-likeness (QED) is 0.650. The average Bonchev–Trinajstić information content (AvgIpc) is 3.31. The molecule has 1 fully saturated rings. The van der Waals surface area contributed by atoms with Crippen LogP contribution >= 0.6 is 11.6 Å². The van der Waals surface area contributed by atoms with Crippen LogP contribution in [0.3, 0.4) is 0 Å². The standard InChI is InChI=1S/C23H23ClN2O4/c1-14-3-8-18-17(21(14)24)12-19(26(18)2)22(29)25-23(9-10-30-13-23)16-6-4-15(5-7-16)11-20(27)28/h3-8,12H,9-11,13H2,1-2H3,(H,25,29)(H,27,28). The molecule has 1 aliphatic rings. The topological polar surface area (TPSA) is 80.6 Å². The lowest BCUT2D eigenvalue weighted by atomic mass is 9.88. The summed E-state index contributed by atoms with van der Waals surface area (Å²) in [5, 5.41) is 13.6. The minimum atomic E-state index is -0.875. The van der Waals surface area contributed by atoms with E-state index in [1.165, 1.54) is 0 Å². The molecule has 4 rings (SSSR count). The Bertz CT molecular complexity index is 1130. The minimum absolute atomic E-state index is 0.0355. The van der Waals surface area contributed by atoms with E-state index in [9.17, 15) is 9.59 Å². The fourth-order valence-electron chi connectivity index (χ4n) is 4.06. The number of nitrogens with one attached hydrogen (secondary N) is 1. The Morgan fingerprint density at radius 1 is 1.23 bits per heavy atom. The van der Waals surface area contributed by atoms with Gasteiger partial charge in [-0.3, -0.25) is 9.59 Å². The van der Waals surface area contributed by atoms with Crippen LogP contribution in [-0.2, 0) is 28.5 Å². The van der Waals surface area contributed by atoms with Gasteiger partial charge in [-0.2, -0.15) is 0 Å². The summed E-state index contributed by atoms with van der Waals surface area (Å²) in [6.07, 6.45) is 0.604. The summed E-state index contributed by atoms with van der Waals surface area (Å²) >= 11 is 6.45. The fraction of sp³-hybridized carbons (Fsp3) is 0.304. The number of benzene rings is 2. The van der Waals surface area contributed by atoms with E-state index >= 15 is 0 Å². The summed E-state index contributed by atoms with van der Waals surface area (Å²) < 4.78 is 7.48. The Balaban J connectivity index is 1.66. The Kier molecular flexibility index (Phi) is 5.30. The van der Waals surface area contributed by atoms with Gasteiger partial charge < -0.3 is 19.7 Å². The van der Waals surface area contributed by atoms with Crippen LogP contribution in [0.25, 0.3) is 10.9 Å². The second-order valence-electron chi connectivity index (χ2n) is 7.82. The first-order chi connectivity index (χ1) is 14.3. The molecule has 1 unspecified atom stereocenters. The molecule has 7 heteroatoms. The SMILES string of the molecule is Cc1ccc2c(cc(C(=O)NC3(c4ccc(CC(=O)O)cc4)CCOC3)n2C)c1Cl. The molecule has 3 aromatic rings. The summed E-state index contributed by atoms with van der Waals surface area (Å²) in [5.41, 5.74) is 3.33. The number of carbonyl (C=O) groups excluding carboxylic acids is 1. The third-order valence-electron chi connectivity index (χ3n) is 5.82. The third kappa shape index (κ3) is 3.57. The first-order valence-corrected chi connectivity index (χ1v) is 10.1. The summed E-state index contributed by atoms with van der Waals surface area (Å²) in [7, 11) is 1.85. The molecule has 2 N–H and O–H groups in total. The van der Waals surface area contributed by atoms with E-state index in [1.54, 1.807) is 12.1 Å². The summed E-state index contributed by atoms with van der Waals surface area (Å²) in [6.45, 7) is 2.84. The molecule has 0 spiro atoms. The minimum Gasteiger partial charge on any atom is -0.481 e. The van der Waals surface area contributed by atoms with Crippen LogP contribution in [0, 0.1) is 6.92 Å². The number of aryl methyl sites for hydroxylation is 2. The fourth-order valence-corrected chi connectivity index (χ4v) is 4.28. The van der Waals surface area contributed by atoms with Gasteiger partial charge in [0, 0.05) is 31.0 Å². The zero-order valence-electron chi connectivity index (χ0n) is 16.9. The van der Waals surface area contributed by atoms with Crippen molar-refractivity contribution in [2.24, 2.45) is 7.05 Å². The van der Waals surface area contributed by atoms with Crippen LogP contribution in [0.2, 0.25) is 5.02 Å². The molecule has 2 aromatic carbocycles. The number of carboxylic acids is 1. The van der Waals surface area contributed by atoms with E-state index < -0.39 is 11.5 Å². The maximum absolute atomic E-state index is 13.3. The number of hydrogen-bond acceptors (Lipinski definition) is 3. The molecule has 1 atom stereocenters. The van der Waals surface area contributed by atoms with E-state index in [4.69, 9.17) is 21.4 Å². The van der Waals surface area contributed by atoms with Crippen molar-refractivity contribution in [3.63, 3.8) is 0 Å². The highest BCUT2D eigenvalue weighted by molar-refractivity contribution is 6.36. The Morgan fingerprint density at radius 2 is 1.97 bits per heavy atom. The first kappa shape index (κ1) is 20.4. The van der Waals surface area contributed by atoms with Crippen molar-refractivity contribution in [3.05, 3.63) is 69.9 Å². The zero-order chi connectivity index (χ0) is 21.5. The lowest BCUT2D eigenvalue weighted by Crippen LogP contribution is -2.47. The van der Waals surface area contributed by atoms with Crippen LogP contribution in [0.5, 0.6) is 0 Å². The van der Waals surface area contributed by atoms with E-state index in [-0.39, 0.29) is 12.3 Å². The van der Waals surface area contributed by atoms with Gasteiger partial charge >= 0.3 is 5.97 Å². The second-order valence-corrected chi connectivity index (χ2v) is 8.20. The van der Waals surface area contributed by atoms with Crippen molar-refractivity contribution in [3.8, 4) is 0 Å². The van der Waals surface area contributed by atoms with Crippen molar-refractivity contribution >= 4 is 34.4 Å². The maximum Gasteiger partial charge on any atom is 0.307 e. The smallest absolute Gasteiger partial charge is 0.307 e. The zero-order valence-corrected chi connectivity index (χ0v) is 17.6. The molecule has 2 heterocycles. The number of fused-ring (bicyclic) bond motifs is 1. The number of nitrogens with zero attached hydrogens (tertiary/aromatic N) is 1. The molecular weight excluding hydrogens is 404 g/mol. The number of hydrogen-bond donors (Lipinski definition) is 2. The highest BCUT2D eigenvalue weighted by atomic mass is 35.5. The van der Waals surface area contributed by atoms with Gasteiger partial charge in [-0.05, 0) is 35.7 Å². The van der Waals surface area contributed by atoms with E-state index in [0.29, 0.717) is 35.9 Å². The predicted molar refractivity (Wildman–Crippen MR) is 115 cm³/mol. The average molecular weight is 427 g/mol. The molecule has 0 bridgehead atoms. The Labute approximate surface area is 179 Å². The number of halogens is 1. The van der Waals surface area contributed by atoms with Crippen molar-refractivity contribution in [2.75, 3.05) is 13.2 Å². The number of aromatic nitrogens is 1. The van der Waals surface area contributed by atoms with Gasteiger partial charge in [-0.25, -0.2) is 0 Å². The molecule has 0 radical (unpaired) electrons. The molecular formula is C23H23ClN2O4. The molecule has 1 amide bonds. The van der Waals surface area contributed by atoms with Gasteiger partial charge in [0.15, 0.2) is 0 Å². The molecule has 30 heavy (non-hydrogen) atoms. The van der Waals surface area contributed by atoms with Crippen molar-refractivity contribution in [2.45, 2.75) is 25.3 Å². The van der Waals surface area contributed by atoms with Crippen molar-refractivity contribution < 1.29 is 19.4 Å². The molecule has 156 valence electrons. The Morgan fingerprint density at radius 3 is 2.60 bits per heavy atom. The number of amides is 1. The third-order valence-corrected chi connectivity index (χ3v) is 6.32. The largest absolute Gasteiger partial charge is 0.481 e. The van der Waals surface area contributed by atoms with E-state index in [0.717, 1.165) is 22.0 Å². The normalized spacial score (nSPS) is 18.6. The van der Waals surface area contributed by atoms with Crippen LogP contribution in [0.15, 0.2) is 42.5 Å². The maximum atomic E-state index is 13.3. The van der Waals surface area contributed by atoms with Gasteiger partial charge in [0.05, 0.1) is 23.6 Å². The number of rotatable bonds is 5. The first-order valence-electron chi connectivity index (χ1n) is 9.77. The van der Waals surface area contributed by atoms with Gasteiger partial charge in [0.25, 0.3) is 5.91 Å². The lowest BCUT2D eigenvalue weighted by Gasteiger charge is -2.29. The molecule has 1 aliphatic heterocycles. The predicted octanol–water partition coefficient (Wildman–Crippen LogP) is 3.81. The van der Waals surface area contributed by atoms with Crippen molar-refractivity contribution in [1.82, 2.24) is 9.88 Å². The number of ether oxygens (including phenoxy) is 1. The van der Waals surface area contributed by atoms with Crippen LogP contribution < -0.4 is 5.32 Å². The monoisotopic (exact) mass is 426 g/mol. The molecule has 0 saturated carbocycles. The second kappa shape index (κ2) is 7.78. The van der Waals surface area contributed by atoms with Crippen LogP contribution in [0.4, 0.5) is 0 Å².